The summed E-state index contributed by atoms with van der Waals surface area (Å²) in [5.41, 5.74) is 5.93. The topological polar surface area (TPSA) is 111 Å². The van der Waals surface area contributed by atoms with Crippen LogP contribution in [0.15, 0.2) is 36.4 Å². The number of para-hydroxylation sites is 1. The lowest BCUT2D eigenvalue weighted by Gasteiger charge is -2.38. The molecule has 1 atom stereocenters. The molecular formula is C37H48ClF3N6O4. The first-order valence-electron chi connectivity index (χ1n) is 18.2. The van der Waals surface area contributed by atoms with Crippen molar-refractivity contribution in [1.29, 1.82) is 0 Å². The number of piperidine rings is 3. The quantitative estimate of drug-likeness (QED) is 0.294. The van der Waals surface area contributed by atoms with E-state index in [1.165, 1.54) is 30.2 Å². The van der Waals surface area contributed by atoms with Crippen molar-refractivity contribution in [3.63, 3.8) is 0 Å². The number of carbonyl (C=O) groups excluding carboxylic acids is 3. The summed E-state index contributed by atoms with van der Waals surface area (Å²) in [6.07, 6.45) is 1.09. The third kappa shape index (κ3) is 9.21. The molecule has 2 aromatic rings. The molecule has 6 rings (SSSR count). The van der Waals surface area contributed by atoms with Gasteiger partial charge in [-0.3, -0.25) is 4.79 Å². The van der Waals surface area contributed by atoms with Crippen molar-refractivity contribution in [3.05, 3.63) is 58.1 Å². The van der Waals surface area contributed by atoms with Crippen LogP contribution in [0, 0.1) is 5.92 Å². The summed E-state index contributed by atoms with van der Waals surface area (Å²) in [4.78, 5) is 48.1. The SMILES string of the molecule is Nc1c(Cl)cc(CC(OC(=O)N2CCC(N3CCc4ccccc4NC3=O)CC2)C(=O)N2CCC(CCN3CCCCC3)CC2)cc1C(F)(F)F. The first kappa shape index (κ1) is 37.1. The molecule has 51 heavy (non-hydrogen) atoms. The van der Waals surface area contributed by atoms with Gasteiger partial charge in [0.25, 0.3) is 5.91 Å². The van der Waals surface area contributed by atoms with E-state index in [0.717, 1.165) is 56.2 Å². The van der Waals surface area contributed by atoms with E-state index in [1.54, 1.807) is 4.90 Å². The molecule has 3 fully saturated rings. The van der Waals surface area contributed by atoms with E-state index in [4.69, 9.17) is 22.1 Å². The molecule has 2 aromatic carbocycles. The number of amides is 4. The molecule has 4 heterocycles. The van der Waals surface area contributed by atoms with Crippen LogP contribution < -0.4 is 11.1 Å². The second-order valence-corrected chi connectivity index (χ2v) is 14.7. The standard InChI is InChI=1S/C37H48ClF3N6O4/c38-30-23-26(22-29(33(30)42)37(39,40)41)24-32(34(48)45-17-9-25(10-18-45)8-16-44-14-4-1-5-15-44)51-36(50)46-19-12-28(13-20-46)47-21-11-27-6-2-3-7-31(27)43-35(47)49/h2-3,6-7,22-23,25,28,32H,1,4-5,8-21,24,42H2,(H,43,49). The van der Waals surface area contributed by atoms with Crippen molar-refractivity contribution >= 4 is 41.0 Å². The number of nitrogens with zero attached hydrogens (tertiary/aromatic N) is 4. The van der Waals surface area contributed by atoms with Crippen LogP contribution in [0.5, 0.6) is 0 Å². The summed E-state index contributed by atoms with van der Waals surface area (Å²) < 4.78 is 47.3. The second-order valence-electron chi connectivity index (χ2n) is 14.3. The molecule has 14 heteroatoms. The van der Waals surface area contributed by atoms with Crippen LogP contribution >= 0.6 is 11.6 Å². The maximum Gasteiger partial charge on any atom is 0.418 e. The summed E-state index contributed by atoms with van der Waals surface area (Å²) in [5, 5.41) is 2.71. The number of nitrogens with one attached hydrogen (secondary N) is 1. The fourth-order valence-electron chi connectivity index (χ4n) is 7.91. The van der Waals surface area contributed by atoms with Gasteiger partial charge >= 0.3 is 18.3 Å². The van der Waals surface area contributed by atoms with Crippen molar-refractivity contribution in [1.82, 2.24) is 19.6 Å². The molecule has 0 bridgehead atoms. The monoisotopic (exact) mass is 732 g/mol. The largest absolute Gasteiger partial charge is 0.436 e. The van der Waals surface area contributed by atoms with Crippen molar-refractivity contribution in [2.24, 2.45) is 5.92 Å². The maximum atomic E-state index is 14.0. The number of carbonyl (C=O) groups is 3. The van der Waals surface area contributed by atoms with Gasteiger partial charge in [-0.15, -0.1) is 0 Å². The molecule has 0 aliphatic carbocycles. The van der Waals surface area contributed by atoms with E-state index in [1.807, 2.05) is 29.2 Å². The van der Waals surface area contributed by atoms with Crippen molar-refractivity contribution in [2.45, 2.75) is 82.5 Å². The number of fused-ring (bicyclic) bond motifs is 1. The van der Waals surface area contributed by atoms with E-state index in [0.29, 0.717) is 57.9 Å². The first-order chi connectivity index (χ1) is 24.5. The number of halogens is 4. The highest BCUT2D eigenvalue weighted by Crippen LogP contribution is 2.38. The van der Waals surface area contributed by atoms with Crippen LogP contribution in [-0.2, 0) is 28.5 Å². The van der Waals surface area contributed by atoms with Crippen LogP contribution in [0.1, 0.15) is 68.1 Å². The molecule has 278 valence electrons. The molecule has 0 saturated carbocycles. The Morgan fingerprint density at radius 1 is 0.941 bits per heavy atom. The van der Waals surface area contributed by atoms with Crippen LogP contribution in [0.4, 0.5) is 34.1 Å². The average Bonchev–Trinajstić information content (AvgIpc) is 3.29. The van der Waals surface area contributed by atoms with Crippen LogP contribution in [0.25, 0.3) is 0 Å². The number of ether oxygens (including phenoxy) is 1. The minimum Gasteiger partial charge on any atom is -0.436 e. The summed E-state index contributed by atoms with van der Waals surface area (Å²) in [5.74, 6) is 0.0407. The lowest BCUT2D eigenvalue weighted by atomic mass is 9.92. The molecule has 0 aromatic heterocycles. The van der Waals surface area contributed by atoms with E-state index in [9.17, 15) is 27.6 Å². The fourth-order valence-corrected chi connectivity index (χ4v) is 8.15. The van der Waals surface area contributed by atoms with E-state index in [2.05, 4.69) is 10.2 Å². The van der Waals surface area contributed by atoms with Gasteiger partial charge in [-0.1, -0.05) is 36.2 Å². The van der Waals surface area contributed by atoms with Crippen LogP contribution in [-0.4, -0.2) is 102 Å². The molecule has 4 aliphatic heterocycles. The average molecular weight is 733 g/mol. The predicted molar refractivity (Wildman–Crippen MR) is 190 cm³/mol. The smallest absolute Gasteiger partial charge is 0.418 e. The minimum atomic E-state index is -4.76. The number of hydrogen-bond donors (Lipinski definition) is 2. The summed E-state index contributed by atoms with van der Waals surface area (Å²) in [6, 6.07) is 9.61. The highest BCUT2D eigenvalue weighted by molar-refractivity contribution is 6.33. The third-order valence-corrected chi connectivity index (χ3v) is 11.3. The zero-order valence-corrected chi connectivity index (χ0v) is 29.7. The molecule has 4 amide bonds. The second kappa shape index (κ2) is 16.3. The molecule has 4 aliphatic rings. The normalized spacial score (nSPS) is 20.4. The van der Waals surface area contributed by atoms with Crippen molar-refractivity contribution in [3.8, 4) is 0 Å². The predicted octanol–water partition coefficient (Wildman–Crippen LogP) is 6.66. The van der Waals surface area contributed by atoms with Gasteiger partial charge in [0.05, 0.1) is 16.3 Å². The lowest BCUT2D eigenvalue weighted by molar-refractivity contribution is -0.142. The Bertz CT molecular complexity index is 1560. The van der Waals surface area contributed by atoms with Gasteiger partial charge in [0.15, 0.2) is 6.10 Å². The zero-order chi connectivity index (χ0) is 36.1. The van der Waals surface area contributed by atoms with Gasteiger partial charge in [0, 0.05) is 50.9 Å². The van der Waals surface area contributed by atoms with E-state index in [-0.39, 0.29) is 29.1 Å². The lowest BCUT2D eigenvalue weighted by Crippen LogP contribution is -2.51. The molecule has 3 N–H and O–H groups in total. The van der Waals surface area contributed by atoms with E-state index < -0.39 is 35.5 Å². The van der Waals surface area contributed by atoms with Gasteiger partial charge in [0.1, 0.15) is 0 Å². The van der Waals surface area contributed by atoms with Gasteiger partial charge in [-0.2, -0.15) is 13.2 Å². The number of urea groups is 1. The third-order valence-electron chi connectivity index (χ3n) is 11.0. The maximum absolute atomic E-state index is 14.0. The Morgan fingerprint density at radius 3 is 2.33 bits per heavy atom. The Kier molecular flexibility index (Phi) is 11.9. The summed E-state index contributed by atoms with van der Waals surface area (Å²) in [7, 11) is 0. The first-order valence-corrected chi connectivity index (χ1v) is 18.6. The number of alkyl halides is 3. The molecule has 0 spiro atoms. The number of nitrogens with two attached hydrogens (primary N) is 1. The van der Waals surface area contributed by atoms with Gasteiger partial charge in [-0.05, 0) is 106 Å². The van der Waals surface area contributed by atoms with Crippen molar-refractivity contribution < 1.29 is 32.3 Å². The minimum absolute atomic E-state index is 0.0882. The Morgan fingerprint density at radius 2 is 1.63 bits per heavy atom. The molecule has 10 nitrogen and oxygen atoms in total. The summed E-state index contributed by atoms with van der Waals surface area (Å²) >= 11 is 6.12. The highest BCUT2D eigenvalue weighted by atomic mass is 35.5. The zero-order valence-electron chi connectivity index (χ0n) is 28.9. The number of likely N-dealkylation sites (tertiary alicyclic amines) is 3. The number of anilines is 2. The Labute approximate surface area is 302 Å². The van der Waals surface area contributed by atoms with Gasteiger partial charge in [-0.25, -0.2) is 9.59 Å². The highest BCUT2D eigenvalue weighted by Gasteiger charge is 2.38. The Balaban J connectivity index is 1.10. The molecular weight excluding hydrogens is 685 g/mol. The summed E-state index contributed by atoms with van der Waals surface area (Å²) in [6.45, 7) is 5.44. The van der Waals surface area contributed by atoms with Crippen LogP contribution in [0.2, 0.25) is 5.02 Å². The van der Waals surface area contributed by atoms with Gasteiger partial charge in [0.2, 0.25) is 0 Å². The fraction of sp³-hybridized carbons (Fsp3) is 0.595. The number of hydrogen-bond acceptors (Lipinski definition) is 6. The van der Waals surface area contributed by atoms with Crippen molar-refractivity contribution in [2.75, 3.05) is 63.4 Å². The molecule has 0 radical (unpaired) electrons. The molecule has 1 unspecified atom stereocenters. The number of rotatable bonds is 8. The number of nitrogen functional groups attached to an aromatic ring is 1. The number of benzene rings is 2. The van der Waals surface area contributed by atoms with Gasteiger partial charge < -0.3 is 35.4 Å². The Hall–Kier alpha value is -3.71. The van der Waals surface area contributed by atoms with E-state index >= 15 is 0 Å². The molecule has 3 saturated heterocycles. The van der Waals surface area contributed by atoms with Crippen LogP contribution in [0.3, 0.4) is 0 Å².